The topological polar surface area (TPSA) is 63.7 Å². The molecular weight excluding hydrogens is 410 g/mol. The largest absolute Gasteiger partial charge is 0.454 e. The first-order valence-electron chi connectivity index (χ1n) is 10.6. The Morgan fingerprint density at radius 2 is 2.03 bits per heavy atom. The summed E-state index contributed by atoms with van der Waals surface area (Å²) in [5.41, 5.74) is 2.81. The number of rotatable bonds is 6. The summed E-state index contributed by atoms with van der Waals surface area (Å²) in [4.78, 5) is 19.8. The Kier molecular flexibility index (Phi) is 5.86. The smallest absolute Gasteiger partial charge is 0.251 e. The van der Waals surface area contributed by atoms with Crippen molar-refractivity contribution < 1.29 is 14.3 Å². The molecule has 0 saturated carbocycles. The molecular formula is C24H25N3O3S. The van der Waals surface area contributed by atoms with Crippen LogP contribution in [0.1, 0.15) is 28.2 Å². The van der Waals surface area contributed by atoms with E-state index >= 15 is 0 Å². The van der Waals surface area contributed by atoms with Gasteiger partial charge in [-0.3, -0.25) is 9.69 Å². The lowest BCUT2D eigenvalue weighted by Gasteiger charge is -2.32. The number of likely N-dealkylation sites (tertiary alicyclic amines) is 1. The van der Waals surface area contributed by atoms with Crippen molar-refractivity contribution in [3.05, 3.63) is 64.5 Å². The van der Waals surface area contributed by atoms with E-state index < -0.39 is 0 Å². The van der Waals surface area contributed by atoms with Crippen LogP contribution >= 0.6 is 11.3 Å². The number of nitrogens with one attached hydrogen (secondary N) is 1. The molecule has 0 spiro atoms. The number of ether oxygens (including phenoxy) is 2. The molecule has 1 saturated heterocycles. The van der Waals surface area contributed by atoms with E-state index in [1.54, 1.807) is 29.5 Å². The number of nitrogens with zero attached hydrogens (tertiary/aromatic N) is 2. The third kappa shape index (κ3) is 4.73. The van der Waals surface area contributed by atoms with Crippen LogP contribution in [0.15, 0.2) is 53.9 Å². The fraction of sp³-hybridized carbons (Fsp3) is 0.333. The maximum absolute atomic E-state index is 12.6. The first-order chi connectivity index (χ1) is 15.2. The van der Waals surface area contributed by atoms with Gasteiger partial charge in [0, 0.05) is 29.6 Å². The number of hydrogen-bond acceptors (Lipinski definition) is 6. The molecule has 31 heavy (non-hydrogen) atoms. The van der Waals surface area contributed by atoms with Gasteiger partial charge < -0.3 is 14.8 Å². The summed E-state index contributed by atoms with van der Waals surface area (Å²) in [6, 6.07) is 15.6. The molecule has 2 aromatic carbocycles. The Hall–Kier alpha value is -2.90. The van der Waals surface area contributed by atoms with E-state index in [0.717, 1.165) is 48.7 Å². The molecule has 2 aliphatic rings. The van der Waals surface area contributed by atoms with Crippen LogP contribution in [-0.2, 0) is 6.54 Å². The lowest BCUT2D eigenvalue weighted by atomic mass is 9.98. The van der Waals surface area contributed by atoms with Crippen molar-refractivity contribution in [2.75, 3.05) is 26.4 Å². The summed E-state index contributed by atoms with van der Waals surface area (Å²) in [5.74, 6) is 1.70. The van der Waals surface area contributed by atoms with Crippen molar-refractivity contribution in [3.8, 4) is 22.8 Å². The van der Waals surface area contributed by atoms with Crippen LogP contribution in [0.25, 0.3) is 11.3 Å². The average molecular weight is 436 g/mol. The maximum Gasteiger partial charge on any atom is 0.251 e. The van der Waals surface area contributed by atoms with Crippen LogP contribution in [0.4, 0.5) is 0 Å². The van der Waals surface area contributed by atoms with Crippen LogP contribution < -0.4 is 14.8 Å². The van der Waals surface area contributed by atoms with E-state index in [1.807, 2.05) is 18.2 Å². The number of aromatic nitrogens is 1. The Morgan fingerprint density at radius 1 is 1.16 bits per heavy atom. The monoisotopic (exact) mass is 435 g/mol. The Balaban J connectivity index is 1.14. The number of hydrogen-bond donors (Lipinski definition) is 1. The SMILES string of the molecule is O=C(NC[C@H]1CCCN(Cc2nc(-c3ccccc3)cs2)C1)c1ccc2c(c1)OCO2. The highest BCUT2D eigenvalue weighted by molar-refractivity contribution is 7.09. The summed E-state index contributed by atoms with van der Waals surface area (Å²) in [6.07, 6.45) is 2.27. The highest BCUT2D eigenvalue weighted by atomic mass is 32.1. The van der Waals surface area contributed by atoms with Crippen molar-refractivity contribution in [1.29, 1.82) is 0 Å². The molecule has 3 aromatic rings. The number of carbonyl (C=O) groups is 1. The second-order valence-electron chi connectivity index (χ2n) is 8.01. The fourth-order valence-corrected chi connectivity index (χ4v) is 5.00. The lowest BCUT2D eigenvalue weighted by molar-refractivity contribution is 0.0930. The van der Waals surface area contributed by atoms with E-state index in [1.165, 1.54) is 0 Å². The van der Waals surface area contributed by atoms with Gasteiger partial charge >= 0.3 is 0 Å². The number of thiazole rings is 1. The second-order valence-corrected chi connectivity index (χ2v) is 8.96. The predicted molar refractivity (Wildman–Crippen MR) is 120 cm³/mol. The van der Waals surface area contributed by atoms with Gasteiger partial charge in [0.15, 0.2) is 11.5 Å². The molecule has 1 amide bonds. The third-order valence-electron chi connectivity index (χ3n) is 5.77. The quantitative estimate of drug-likeness (QED) is 0.629. The molecule has 1 atom stereocenters. The first kappa shape index (κ1) is 20.0. The summed E-state index contributed by atoms with van der Waals surface area (Å²) in [5, 5.41) is 6.37. The number of benzene rings is 2. The van der Waals surface area contributed by atoms with Gasteiger partial charge in [-0.05, 0) is 43.5 Å². The van der Waals surface area contributed by atoms with Crippen LogP contribution in [0.3, 0.4) is 0 Å². The molecule has 1 fully saturated rings. The minimum atomic E-state index is -0.0668. The summed E-state index contributed by atoms with van der Waals surface area (Å²) in [6.45, 7) is 3.81. The van der Waals surface area contributed by atoms with Crippen molar-refractivity contribution in [1.82, 2.24) is 15.2 Å². The normalized spacial score (nSPS) is 18.1. The zero-order chi connectivity index (χ0) is 21.0. The van der Waals surface area contributed by atoms with Crippen LogP contribution in [0.2, 0.25) is 0 Å². The summed E-state index contributed by atoms with van der Waals surface area (Å²) >= 11 is 1.72. The zero-order valence-electron chi connectivity index (χ0n) is 17.3. The average Bonchev–Trinajstić information content (AvgIpc) is 3.47. The summed E-state index contributed by atoms with van der Waals surface area (Å²) in [7, 11) is 0. The zero-order valence-corrected chi connectivity index (χ0v) is 18.1. The minimum Gasteiger partial charge on any atom is -0.454 e. The van der Waals surface area contributed by atoms with E-state index in [9.17, 15) is 4.79 Å². The highest BCUT2D eigenvalue weighted by Crippen LogP contribution is 2.32. The van der Waals surface area contributed by atoms with Crippen molar-refractivity contribution in [2.24, 2.45) is 5.92 Å². The first-order valence-corrected chi connectivity index (χ1v) is 11.5. The fourth-order valence-electron chi connectivity index (χ4n) is 4.15. The van der Waals surface area contributed by atoms with Gasteiger partial charge in [-0.2, -0.15) is 0 Å². The van der Waals surface area contributed by atoms with Crippen molar-refractivity contribution in [3.63, 3.8) is 0 Å². The van der Waals surface area contributed by atoms with Gasteiger partial charge in [-0.1, -0.05) is 30.3 Å². The molecule has 7 heteroatoms. The molecule has 6 nitrogen and oxygen atoms in total. The molecule has 5 rings (SSSR count). The molecule has 0 bridgehead atoms. The maximum atomic E-state index is 12.6. The predicted octanol–water partition coefficient (Wildman–Crippen LogP) is 4.18. The van der Waals surface area contributed by atoms with Gasteiger partial charge in [0.2, 0.25) is 6.79 Å². The molecule has 1 N–H and O–H groups in total. The van der Waals surface area contributed by atoms with Gasteiger partial charge in [0.1, 0.15) is 5.01 Å². The second kappa shape index (κ2) is 9.08. The standard InChI is InChI=1S/C24H25N3O3S/c28-24(19-8-9-21-22(11-19)30-16-29-21)25-12-17-5-4-10-27(13-17)14-23-26-20(15-31-23)18-6-2-1-3-7-18/h1-3,6-9,11,15,17H,4-5,10,12-14,16H2,(H,25,28)/t17-/m1/s1. The molecule has 2 aliphatic heterocycles. The van der Waals surface area contributed by atoms with Crippen molar-refractivity contribution >= 4 is 17.2 Å². The van der Waals surface area contributed by atoms with E-state index in [2.05, 4.69) is 27.7 Å². The molecule has 0 radical (unpaired) electrons. The van der Waals surface area contributed by atoms with Crippen LogP contribution in [-0.4, -0.2) is 42.2 Å². The minimum absolute atomic E-state index is 0.0668. The van der Waals surface area contributed by atoms with Crippen molar-refractivity contribution in [2.45, 2.75) is 19.4 Å². The molecule has 1 aromatic heterocycles. The third-order valence-corrected chi connectivity index (χ3v) is 6.60. The van der Waals surface area contributed by atoms with Crippen LogP contribution in [0, 0.1) is 5.92 Å². The lowest BCUT2D eigenvalue weighted by Crippen LogP contribution is -2.40. The number of piperidine rings is 1. The van der Waals surface area contributed by atoms with E-state index in [0.29, 0.717) is 29.5 Å². The van der Waals surface area contributed by atoms with Gasteiger partial charge in [0.25, 0.3) is 5.91 Å². The molecule has 0 unspecified atom stereocenters. The highest BCUT2D eigenvalue weighted by Gasteiger charge is 2.22. The van der Waals surface area contributed by atoms with Crippen LogP contribution in [0.5, 0.6) is 11.5 Å². The Morgan fingerprint density at radius 3 is 2.94 bits per heavy atom. The van der Waals surface area contributed by atoms with Gasteiger partial charge in [0.05, 0.1) is 12.2 Å². The summed E-state index contributed by atoms with van der Waals surface area (Å²) < 4.78 is 10.7. The Labute approximate surface area is 185 Å². The van der Waals surface area contributed by atoms with E-state index in [-0.39, 0.29) is 12.7 Å². The van der Waals surface area contributed by atoms with E-state index in [4.69, 9.17) is 14.5 Å². The molecule has 160 valence electrons. The Bertz CT molecular complexity index is 1050. The molecule has 3 heterocycles. The number of fused-ring (bicyclic) bond motifs is 1. The van der Waals surface area contributed by atoms with Gasteiger partial charge in [-0.15, -0.1) is 11.3 Å². The van der Waals surface area contributed by atoms with Gasteiger partial charge in [-0.25, -0.2) is 4.98 Å². The number of carbonyl (C=O) groups excluding carboxylic acids is 1. The number of amides is 1. The molecule has 0 aliphatic carbocycles.